The van der Waals surface area contributed by atoms with E-state index in [1.807, 2.05) is 4.90 Å². The van der Waals surface area contributed by atoms with Crippen LogP contribution >= 0.6 is 0 Å². The van der Waals surface area contributed by atoms with E-state index in [0.29, 0.717) is 6.01 Å². The molecule has 1 aliphatic rings. The molecule has 1 aromatic heterocycles. The Labute approximate surface area is 81.7 Å². The highest BCUT2D eigenvalue weighted by Crippen LogP contribution is 2.24. The monoisotopic (exact) mass is 198 g/mol. The van der Waals surface area contributed by atoms with Gasteiger partial charge in [-0.2, -0.15) is 0 Å². The average Bonchev–Trinajstić information content (AvgIpc) is 2.70. The first-order valence-electron chi connectivity index (χ1n) is 4.69. The van der Waals surface area contributed by atoms with Gasteiger partial charge in [0.2, 0.25) is 0 Å². The van der Waals surface area contributed by atoms with Gasteiger partial charge in [0, 0.05) is 19.0 Å². The van der Waals surface area contributed by atoms with E-state index in [1.165, 1.54) is 0 Å². The van der Waals surface area contributed by atoms with Gasteiger partial charge in [0.05, 0.1) is 6.10 Å². The number of rotatable bonds is 2. The van der Waals surface area contributed by atoms with Gasteiger partial charge in [0.25, 0.3) is 0 Å². The van der Waals surface area contributed by atoms with Crippen LogP contribution in [-0.4, -0.2) is 34.5 Å². The third-order valence-electron chi connectivity index (χ3n) is 2.61. The summed E-state index contributed by atoms with van der Waals surface area (Å²) in [5.41, 5.74) is 5.32. The molecule has 0 aliphatic carbocycles. The SMILES string of the molecule is CC(O)C1CCN(c2nnc(N)o2)C1. The van der Waals surface area contributed by atoms with Crippen molar-refractivity contribution in [1.82, 2.24) is 10.2 Å². The second-order valence-electron chi connectivity index (χ2n) is 3.66. The van der Waals surface area contributed by atoms with Gasteiger partial charge in [-0.3, -0.25) is 0 Å². The minimum Gasteiger partial charge on any atom is -0.393 e. The van der Waals surface area contributed by atoms with Crippen LogP contribution in [0, 0.1) is 5.92 Å². The van der Waals surface area contributed by atoms with E-state index < -0.39 is 0 Å². The van der Waals surface area contributed by atoms with Crippen LogP contribution in [0.1, 0.15) is 13.3 Å². The van der Waals surface area contributed by atoms with Gasteiger partial charge < -0.3 is 20.2 Å². The number of hydrogen-bond donors (Lipinski definition) is 2. The fourth-order valence-electron chi connectivity index (χ4n) is 1.71. The van der Waals surface area contributed by atoms with Crippen LogP contribution in [0.25, 0.3) is 0 Å². The largest absolute Gasteiger partial charge is 0.393 e. The summed E-state index contributed by atoms with van der Waals surface area (Å²) < 4.78 is 5.10. The van der Waals surface area contributed by atoms with Gasteiger partial charge in [-0.25, -0.2) is 0 Å². The maximum absolute atomic E-state index is 9.40. The second-order valence-corrected chi connectivity index (χ2v) is 3.66. The Morgan fingerprint density at radius 1 is 1.64 bits per heavy atom. The highest BCUT2D eigenvalue weighted by Gasteiger charge is 2.28. The number of aliphatic hydroxyl groups is 1. The number of hydrogen-bond acceptors (Lipinski definition) is 6. The molecule has 3 N–H and O–H groups in total. The highest BCUT2D eigenvalue weighted by atomic mass is 16.4. The average molecular weight is 198 g/mol. The van der Waals surface area contributed by atoms with Crippen molar-refractivity contribution in [2.24, 2.45) is 5.92 Å². The van der Waals surface area contributed by atoms with Crippen LogP contribution in [0.3, 0.4) is 0 Å². The molecule has 0 bridgehead atoms. The third kappa shape index (κ3) is 1.65. The third-order valence-corrected chi connectivity index (χ3v) is 2.61. The zero-order chi connectivity index (χ0) is 10.1. The Bertz CT molecular complexity index is 312. The molecule has 6 nitrogen and oxygen atoms in total. The lowest BCUT2D eigenvalue weighted by Gasteiger charge is -2.14. The van der Waals surface area contributed by atoms with E-state index in [-0.39, 0.29) is 18.0 Å². The minimum absolute atomic E-state index is 0.0838. The topological polar surface area (TPSA) is 88.4 Å². The zero-order valence-electron chi connectivity index (χ0n) is 8.05. The molecule has 6 heteroatoms. The molecule has 14 heavy (non-hydrogen) atoms. The molecule has 0 aromatic carbocycles. The Hall–Kier alpha value is -1.30. The molecule has 1 fully saturated rings. The van der Waals surface area contributed by atoms with E-state index in [1.54, 1.807) is 6.92 Å². The van der Waals surface area contributed by atoms with Crippen molar-refractivity contribution in [3.63, 3.8) is 0 Å². The van der Waals surface area contributed by atoms with Crippen molar-refractivity contribution < 1.29 is 9.52 Å². The van der Waals surface area contributed by atoms with Crippen LogP contribution in [-0.2, 0) is 0 Å². The van der Waals surface area contributed by atoms with Gasteiger partial charge in [-0.15, -0.1) is 0 Å². The fraction of sp³-hybridized carbons (Fsp3) is 0.750. The standard InChI is InChI=1S/C8H14N4O2/c1-5(13)6-2-3-12(4-6)8-11-10-7(9)14-8/h5-6,13H,2-4H2,1H3,(H2,9,10). The Kier molecular flexibility index (Phi) is 2.28. The summed E-state index contributed by atoms with van der Waals surface area (Å²) in [4.78, 5) is 1.95. The first kappa shape index (κ1) is 9.26. The van der Waals surface area contributed by atoms with Crippen molar-refractivity contribution in [3.05, 3.63) is 0 Å². The molecule has 1 aromatic rings. The molecule has 1 saturated heterocycles. The van der Waals surface area contributed by atoms with E-state index in [4.69, 9.17) is 10.2 Å². The molecule has 78 valence electrons. The summed E-state index contributed by atoms with van der Waals surface area (Å²) in [5, 5.41) is 16.8. The molecule has 2 atom stereocenters. The van der Waals surface area contributed by atoms with Crippen molar-refractivity contribution in [3.8, 4) is 0 Å². The summed E-state index contributed by atoms with van der Waals surface area (Å²) in [7, 11) is 0. The van der Waals surface area contributed by atoms with E-state index in [9.17, 15) is 5.11 Å². The van der Waals surface area contributed by atoms with Crippen molar-refractivity contribution in [2.75, 3.05) is 23.7 Å². The number of aromatic nitrogens is 2. The summed E-state index contributed by atoms with van der Waals surface area (Å²) >= 11 is 0. The highest BCUT2D eigenvalue weighted by molar-refractivity contribution is 5.29. The van der Waals surface area contributed by atoms with Crippen LogP contribution in [0.15, 0.2) is 4.42 Å². The molecule has 2 unspecified atom stereocenters. The van der Waals surface area contributed by atoms with Crippen LogP contribution in [0.4, 0.5) is 12.0 Å². The smallest absolute Gasteiger partial charge is 0.319 e. The number of aliphatic hydroxyl groups excluding tert-OH is 1. The van der Waals surface area contributed by atoms with Gasteiger partial charge in [0.1, 0.15) is 0 Å². The molecule has 0 spiro atoms. The maximum Gasteiger partial charge on any atom is 0.319 e. The molecule has 2 rings (SSSR count). The molecule has 0 saturated carbocycles. The number of anilines is 2. The summed E-state index contributed by atoms with van der Waals surface area (Å²) in [6.45, 7) is 3.38. The summed E-state index contributed by atoms with van der Waals surface area (Å²) in [6, 6.07) is 0.533. The normalized spacial score (nSPS) is 24.1. The van der Waals surface area contributed by atoms with Crippen molar-refractivity contribution >= 4 is 12.0 Å². The van der Waals surface area contributed by atoms with E-state index in [2.05, 4.69) is 10.2 Å². The first-order chi connectivity index (χ1) is 6.66. The zero-order valence-corrected chi connectivity index (χ0v) is 8.05. The molecular weight excluding hydrogens is 184 g/mol. The maximum atomic E-state index is 9.40. The fourth-order valence-corrected chi connectivity index (χ4v) is 1.71. The summed E-state index contributed by atoms with van der Waals surface area (Å²) in [6.07, 6.45) is 0.653. The van der Waals surface area contributed by atoms with Gasteiger partial charge in [0.15, 0.2) is 0 Å². The molecule has 0 amide bonds. The van der Waals surface area contributed by atoms with E-state index >= 15 is 0 Å². The van der Waals surface area contributed by atoms with Gasteiger partial charge in [-0.05, 0) is 13.3 Å². The molecule has 2 heterocycles. The number of nitrogens with two attached hydrogens (primary N) is 1. The van der Waals surface area contributed by atoms with Crippen LogP contribution in [0.5, 0.6) is 0 Å². The molecule has 1 aliphatic heterocycles. The predicted molar refractivity (Wildman–Crippen MR) is 50.7 cm³/mol. The lowest BCUT2D eigenvalue weighted by molar-refractivity contribution is 0.136. The van der Waals surface area contributed by atoms with Gasteiger partial charge in [-0.1, -0.05) is 10.2 Å². The molecule has 0 radical (unpaired) electrons. The lowest BCUT2D eigenvalue weighted by Crippen LogP contribution is -2.24. The predicted octanol–water partition coefficient (Wildman–Crippen LogP) is -0.141. The quantitative estimate of drug-likeness (QED) is 0.687. The van der Waals surface area contributed by atoms with Crippen LogP contribution < -0.4 is 10.6 Å². The lowest BCUT2D eigenvalue weighted by atomic mass is 10.0. The Balaban J connectivity index is 2.02. The first-order valence-corrected chi connectivity index (χ1v) is 4.69. The van der Waals surface area contributed by atoms with Crippen molar-refractivity contribution in [2.45, 2.75) is 19.4 Å². The Morgan fingerprint density at radius 2 is 2.43 bits per heavy atom. The van der Waals surface area contributed by atoms with E-state index in [0.717, 1.165) is 19.5 Å². The minimum atomic E-state index is -0.291. The Morgan fingerprint density at radius 3 is 2.93 bits per heavy atom. The number of nitrogen functional groups attached to an aromatic ring is 1. The van der Waals surface area contributed by atoms with Gasteiger partial charge >= 0.3 is 12.0 Å². The number of nitrogens with zero attached hydrogens (tertiary/aromatic N) is 3. The molecular formula is C8H14N4O2. The van der Waals surface area contributed by atoms with Crippen molar-refractivity contribution in [1.29, 1.82) is 0 Å². The summed E-state index contributed by atoms with van der Waals surface area (Å²) in [5.74, 6) is 0.281. The second kappa shape index (κ2) is 3.45. The van der Waals surface area contributed by atoms with Crippen LogP contribution in [0.2, 0.25) is 0 Å².